The number of pyridine rings is 1. The molecular weight excluding hydrogens is 240 g/mol. The number of aliphatic hydroxyl groups excluding tert-OH is 1. The maximum absolute atomic E-state index is 9.09. The Kier molecular flexibility index (Phi) is 3.90. The minimum atomic E-state index is -0.209. The first-order chi connectivity index (χ1) is 9.05. The lowest BCUT2D eigenvalue weighted by molar-refractivity contribution is 0.260. The summed E-state index contributed by atoms with van der Waals surface area (Å²) < 4.78 is 5.26. The van der Waals surface area contributed by atoms with Gasteiger partial charge >= 0.3 is 0 Å². The zero-order chi connectivity index (χ0) is 13.9. The quantitative estimate of drug-likeness (QED) is 0.868. The Bertz CT molecular complexity index is 567. The minimum Gasteiger partial charge on any atom is -0.497 e. The molecule has 1 heterocycles. The van der Waals surface area contributed by atoms with E-state index in [-0.39, 0.29) is 12.1 Å². The van der Waals surface area contributed by atoms with E-state index in [0.29, 0.717) is 6.42 Å². The fourth-order valence-electron chi connectivity index (χ4n) is 2.04. The minimum absolute atomic E-state index is 0.147. The van der Waals surface area contributed by atoms with Gasteiger partial charge in [-0.05, 0) is 43.9 Å². The SMILES string of the molecule is COc1ccc2ccnc(NC(C)(C)CCO)c2c1. The third-order valence-electron chi connectivity index (χ3n) is 3.17. The summed E-state index contributed by atoms with van der Waals surface area (Å²) in [4.78, 5) is 4.40. The summed E-state index contributed by atoms with van der Waals surface area (Å²) in [5, 5.41) is 14.6. The van der Waals surface area contributed by atoms with Crippen LogP contribution in [0.2, 0.25) is 0 Å². The Labute approximate surface area is 113 Å². The van der Waals surface area contributed by atoms with Gasteiger partial charge in [-0.25, -0.2) is 4.98 Å². The molecule has 1 aromatic heterocycles. The van der Waals surface area contributed by atoms with Crippen LogP contribution in [-0.4, -0.2) is 29.3 Å². The predicted molar refractivity (Wildman–Crippen MR) is 77.7 cm³/mol. The Balaban J connectivity index is 2.42. The molecule has 0 spiro atoms. The largest absolute Gasteiger partial charge is 0.497 e. The monoisotopic (exact) mass is 260 g/mol. The molecule has 2 rings (SSSR count). The van der Waals surface area contributed by atoms with E-state index >= 15 is 0 Å². The van der Waals surface area contributed by atoms with Gasteiger partial charge in [0, 0.05) is 23.7 Å². The van der Waals surface area contributed by atoms with Gasteiger partial charge < -0.3 is 15.2 Å². The number of aromatic nitrogens is 1. The molecule has 4 heteroatoms. The number of fused-ring (bicyclic) bond motifs is 1. The predicted octanol–water partition coefficient (Wildman–Crippen LogP) is 2.82. The number of benzene rings is 1. The smallest absolute Gasteiger partial charge is 0.134 e. The highest BCUT2D eigenvalue weighted by Crippen LogP contribution is 2.28. The number of anilines is 1. The summed E-state index contributed by atoms with van der Waals surface area (Å²) in [6.45, 7) is 4.24. The van der Waals surface area contributed by atoms with E-state index in [9.17, 15) is 0 Å². The molecule has 0 amide bonds. The van der Waals surface area contributed by atoms with Crippen LogP contribution in [0.3, 0.4) is 0 Å². The van der Waals surface area contributed by atoms with Crippen LogP contribution in [0.25, 0.3) is 10.8 Å². The second-order valence-electron chi connectivity index (χ2n) is 5.23. The van der Waals surface area contributed by atoms with Gasteiger partial charge in [0.25, 0.3) is 0 Å². The van der Waals surface area contributed by atoms with Crippen molar-refractivity contribution in [3.8, 4) is 5.75 Å². The average molecular weight is 260 g/mol. The number of methoxy groups -OCH3 is 1. The Morgan fingerprint density at radius 2 is 2.11 bits per heavy atom. The van der Waals surface area contributed by atoms with Gasteiger partial charge in [0.05, 0.1) is 7.11 Å². The van der Waals surface area contributed by atoms with Gasteiger partial charge in [0.2, 0.25) is 0 Å². The molecule has 0 radical (unpaired) electrons. The van der Waals surface area contributed by atoms with Gasteiger partial charge in [-0.1, -0.05) is 6.07 Å². The molecule has 102 valence electrons. The fourth-order valence-corrected chi connectivity index (χ4v) is 2.04. The molecule has 0 atom stereocenters. The van der Waals surface area contributed by atoms with Crippen molar-refractivity contribution in [1.29, 1.82) is 0 Å². The third-order valence-corrected chi connectivity index (χ3v) is 3.17. The van der Waals surface area contributed by atoms with Crippen LogP contribution >= 0.6 is 0 Å². The maximum Gasteiger partial charge on any atom is 0.134 e. The molecule has 0 aliphatic heterocycles. The standard InChI is InChI=1S/C15H20N2O2/c1-15(2,7-9-18)17-14-13-10-12(19-3)5-4-11(13)6-8-16-14/h4-6,8,10,18H,7,9H2,1-3H3,(H,16,17). The molecule has 0 aliphatic rings. The first-order valence-electron chi connectivity index (χ1n) is 6.37. The van der Waals surface area contributed by atoms with Gasteiger partial charge in [0.15, 0.2) is 0 Å². The van der Waals surface area contributed by atoms with Crippen molar-refractivity contribution in [3.05, 3.63) is 30.5 Å². The van der Waals surface area contributed by atoms with Gasteiger partial charge in [-0.2, -0.15) is 0 Å². The summed E-state index contributed by atoms with van der Waals surface area (Å²) in [6.07, 6.45) is 2.45. The lowest BCUT2D eigenvalue weighted by Crippen LogP contribution is -2.32. The number of nitrogens with one attached hydrogen (secondary N) is 1. The molecule has 0 saturated heterocycles. The van der Waals surface area contributed by atoms with E-state index in [1.165, 1.54) is 0 Å². The molecule has 0 saturated carbocycles. The van der Waals surface area contributed by atoms with Crippen molar-refractivity contribution in [3.63, 3.8) is 0 Å². The molecule has 0 bridgehead atoms. The van der Waals surface area contributed by atoms with Crippen LogP contribution < -0.4 is 10.1 Å². The van der Waals surface area contributed by atoms with Crippen molar-refractivity contribution in [2.45, 2.75) is 25.8 Å². The fraction of sp³-hybridized carbons (Fsp3) is 0.400. The first kappa shape index (κ1) is 13.6. The highest BCUT2D eigenvalue weighted by Gasteiger charge is 2.18. The van der Waals surface area contributed by atoms with Gasteiger partial charge in [0.1, 0.15) is 11.6 Å². The van der Waals surface area contributed by atoms with E-state index in [1.807, 2.05) is 38.1 Å². The van der Waals surface area contributed by atoms with E-state index in [1.54, 1.807) is 13.3 Å². The number of ether oxygens (including phenoxy) is 1. The van der Waals surface area contributed by atoms with Crippen LogP contribution in [0.1, 0.15) is 20.3 Å². The normalized spacial score (nSPS) is 11.6. The van der Waals surface area contributed by atoms with Gasteiger partial charge in [-0.3, -0.25) is 0 Å². The molecular formula is C15H20N2O2. The van der Waals surface area contributed by atoms with Crippen LogP contribution in [0, 0.1) is 0 Å². The van der Waals surface area contributed by atoms with Crippen molar-refractivity contribution < 1.29 is 9.84 Å². The molecule has 1 aromatic carbocycles. The molecule has 2 N–H and O–H groups in total. The van der Waals surface area contributed by atoms with Crippen molar-refractivity contribution >= 4 is 16.6 Å². The van der Waals surface area contributed by atoms with E-state index in [0.717, 1.165) is 22.3 Å². The van der Waals surface area contributed by atoms with Crippen molar-refractivity contribution in [2.24, 2.45) is 0 Å². The Morgan fingerprint density at radius 1 is 1.32 bits per heavy atom. The number of rotatable bonds is 5. The molecule has 19 heavy (non-hydrogen) atoms. The van der Waals surface area contributed by atoms with Crippen molar-refractivity contribution in [1.82, 2.24) is 4.98 Å². The van der Waals surface area contributed by atoms with Crippen molar-refractivity contribution in [2.75, 3.05) is 19.0 Å². The number of hydrogen-bond acceptors (Lipinski definition) is 4. The van der Waals surface area contributed by atoms with E-state index in [4.69, 9.17) is 9.84 Å². The lowest BCUT2D eigenvalue weighted by atomic mass is 10.0. The number of nitrogens with zero attached hydrogens (tertiary/aromatic N) is 1. The number of aliphatic hydroxyl groups is 1. The first-order valence-corrected chi connectivity index (χ1v) is 6.37. The third kappa shape index (κ3) is 3.15. The second-order valence-corrected chi connectivity index (χ2v) is 5.23. The zero-order valence-electron chi connectivity index (χ0n) is 11.6. The zero-order valence-corrected chi connectivity index (χ0v) is 11.6. The summed E-state index contributed by atoms with van der Waals surface area (Å²) >= 11 is 0. The second kappa shape index (κ2) is 5.45. The molecule has 4 nitrogen and oxygen atoms in total. The Hall–Kier alpha value is -1.81. The lowest BCUT2D eigenvalue weighted by Gasteiger charge is -2.26. The average Bonchev–Trinajstić information content (AvgIpc) is 2.38. The maximum atomic E-state index is 9.09. The highest BCUT2D eigenvalue weighted by molar-refractivity contribution is 5.92. The highest BCUT2D eigenvalue weighted by atomic mass is 16.5. The summed E-state index contributed by atoms with van der Waals surface area (Å²) in [5.41, 5.74) is -0.209. The Morgan fingerprint density at radius 3 is 2.79 bits per heavy atom. The van der Waals surface area contributed by atoms with Gasteiger partial charge in [-0.15, -0.1) is 0 Å². The molecule has 0 aliphatic carbocycles. The molecule has 0 unspecified atom stereocenters. The topological polar surface area (TPSA) is 54.4 Å². The molecule has 2 aromatic rings. The van der Waals surface area contributed by atoms with E-state index in [2.05, 4.69) is 10.3 Å². The summed E-state index contributed by atoms with van der Waals surface area (Å²) in [7, 11) is 1.65. The van der Waals surface area contributed by atoms with E-state index < -0.39 is 0 Å². The number of hydrogen-bond donors (Lipinski definition) is 2. The summed E-state index contributed by atoms with van der Waals surface area (Å²) in [6, 6.07) is 7.89. The van der Waals surface area contributed by atoms with Crippen LogP contribution in [-0.2, 0) is 0 Å². The van der Waals surface area contributed by atoms with Crippen LogP contribution in [0.5, 0.6) is 5.75 Å². The molecule has 0 fully saturated rings. The van der Waals surface area contributed by atoms with Crippen LogP contribution in [0.15, 0.2) is 30.5 Å². The van der Waals surface area contributed by atoms with Crippen LogP contribution in [0.4, 0.5) is 5.82 Å². The summed E-state index contributed by atoms with van der Waals surface area (Å²) in [5.74, 6) is 1.62.